The molecule has 2 aromatic carbocycles. The number of hydrogen-bond acceptors (Lipinski definition) is 4. The van der Waals surface area contributed by atoms with Gasteiger partial charge in [0, 0.05) is 5.56 Å². The van der Waals surface area contributed by atoms with E-state index in [0.717, 1.165) is 0 Å². The second kappa shape index (κ2) is 6.81. The highest BCUT2D eigenvalue weighted by atomic mass is 35.5. The van der Waals surface area contributed by atoms with Crippen molar-refractivity contribution in [1.82, 2.24) is 14.8 Å². The van der Waals surface area contributed by atoms with Crippen molar-refractivity contribution in [3.8, 4) is 5.75 Å². The zero-order valence-corrected chi connectivity index (χ0v) is 13.3. The molecular weight excluding hydrogens is 337 g/mol. The van der Waals surface area contributed by atoms with E-state index in [2.05, 4.69) is 10.1 Å². The summed E-state index contributed by atoms with van der Waals surface area (Å²) in [5.41, 5.74) is 0.483. The van der Waals surface area contributed by atoms with E-state index < -0.39 is 6.23 Å². The summed E-state index contributed by atoms with van der Waals surface area (Å²) in [5, 5.41) is 4.61. The number of rotatable bonds is 5. The van der Waals surface area contributed by atoms with Gasteiger partial charge in [-0.15, -0.1) is 0 Å². The van der Waals surface area contributed by atoms with Crippen molar-refractivity contribution < 1.29 is 9.53 Å². The Hall–Kier alpha value is -2.37. The highest BCUT2D eigenvalue weighted by molar-refractivity contribution is 6.37. The van der Waals surface area contributed by atoms with E-state index in [1.807, 2.05) is 6.07 Å². The van der Waals surface area contributed by atoms with Crippen molar-refractivity contribution in [2.45, 2.75) is 6.23 Å². The van der Waals surface area contributed by atoms with E-state index in [9.17, 15) is 4.79 Å². The van der Waals surface area contributed by atoms with Gasteiger partial charge in [-0.05, 0) is 12.1 Å². The third kappa shape index (κ3) is 3.36. The highest BCUT2D eigenvalue weighted by Crippen LogP contribution is 2.35. The molecule has 0 N–H and O–H groups in total. The quantitative estimate of drug-likeness (QED) is 0.653. The van der Waals surface area contributed by atoms with Crippen LogP contribution in [0.1, 0.15) is 16.6 Å². The maximum absolute atomic E-state index is 12.8. The summed E-state index contributed by atoms with van der Waals surface area (Å²) in [6.45, 7) is 0. The van der Waals surface area contributed by atoms with Crippen LogP contribution >= 0.6 is 23.2 Å². The van der Waals surface area contributed by atoms with Crippen molar-refractivity contribution in [3.05, 3.63) is 76.8 Å². The van der Waals surface area contributed by atoms with E-state index in [4.69, 9.17) is 27.9 Å². The lowest BCUT2D eigenvalue weighted by atomic mass is 10.1. The number of carbonyl (C=O) groups excluding carboxylic acids is 1. The number of para-hydroxylation sites is 1. The lowest BCUT2D eigenvalue weighted by Gasteiger charge is -2.19. The predicted octanol–water partition coefficient (Wildman–Crippen LogP) is 4.05. The van der Waals surface area contributed by atoms with E-state index in [0.29, 0.717) is 15.6 Å². The largest absolute Gasteiger partial charge is 0.458 e. The van der Waals surface area contributed by atoms with Gasteiger partial charge in [-0.25, -0.2) is 9.67 Å². The molecular formula is C16H11Cl2N3O2. The summed E-state index contributed by atoms with van der Waals surface area (Å²) in [5.74, 6) is -0.0623. The van der Waals surface area contributed by atoms with Gasteiger partial charge < -0.3 is 4.74 Å². The second-order valence-corrected chi connectivity index (χ2v) is 5.44. The molecule has 0 aliphatic carbocycles. The molecule has 1 atom stereocenters. The molecule has 0 saturated heterocycles. The average molecular weight is 348 g/mol. The molecule has 0 spiro atoms. The summed E-state index contributed by atoms with van der Waals surface area (Å²) in [4.78, 5) is 16.6. The summed E-state index contributed by atoms with van der Waals surface area (Å²) < 4.78 is 7.10. The number of hydrogen-bond donors (Lipinski definition) is 0. The molecule has 0 bridgehead atoms. The minimum absolute atomic E-state index is 0.223. The third-order valence-electron chi connectivity index (χ3n) is 3.11. The Morgan fingerprint density at radius 2 is 1.74 bits per heavy atom. The van der Waals surface area contributed by atoms with Crippen LogP contribution < -0.4 is 4.74 Å². The fourth-order valence-corrected chi connectivity index (χ4v) is 2.50. The van der Waals surface area contributed by atoms with Crippen LogP contribution in [0, 0.1) is 0 Å². The van der Waals surface area contributed by atoms with Crippen molar-refractivity contribution in [2.75, 3.05) is 0 Å². The fourth-order valence-electron chi connectivity index (χ4n) is 2.02. The molecule has 0 radical (unpaired) electrons. The molecule has 116 valence electrons. The molecule has 23 heavy (non-hydrogen) atoms. The van der Waals surface area contributed by atoms with Crippen molar-refractivity contribution in [2.24, 2.45) is 0 Å². The van der Waals surface area contributed by atoms with Crippen molar-refractivity contribution >= 4 is 29.0 Å². The Labute approximate surface area is 142 Å². The molecule has 0 amide bonds. The number of nitrogens with zero attached hydrogens (tertiary/aromatic N) is 3. The fraction of sp³-hybridized carbons (Fsp3) is 0.0625. The van der Waals surface area contributed by atoms with E-state index in [-0.39, 0.29) is 11.5 Å². The van der Waals surface area contributed by atoms with E-state index in [1.54, 1.807) is 42.5 Å². The smallest absolute Gasteiger partial charge is 0.256 e. The Kier molecular flexibility index (Phi) is 4.60. The highest BCUT2D eigenvalue weighted by Gasteiger charge is 2.26. The lowest BCUT2D eigenvalue weighted by Crippen LogP contribution is -2.26. The minimum atomic E-state index is -1.06. The van der Waals surface area contributed by atoms with Crippen molar-refractivity contribution in [3.63, 3.8) is 0 Å². The van der Waals surface area contributed by atoms with Crippen molar-refractivity contribution in [1.29, 1.82) is 0 Å². The molecule has 1 unspecified atom stereocenters. The van der Waals surface area contributed by atoms with E-state index >= 15 is 0 Å². The van der Waals surface area contributed by atoms with Crippen LogP contribution in [0.5, 0.6) is 5.75 Å². The van der Waals surface area contributed by atoms with Crippen LogP contribution in [0.3, 0.4) is 0 Å². The van der Waals surface area contributed by atoms with Gasteiger partial charge in [-0.1, -0.05) is 59.6 Å². The lowest BCUT2D eigenvalue weighted by molar-refractivity contribution is 0.0620. The predicted molar refractivity (Wildman–Crippen MR) is 86.9 cm³/mol. The summed E-state index contributed by atoms with van der Waals surface area (Å²) in [7, 11) is 0. The van der Waals surface area contributed by atoms with Crippen LogP contribution in [-0.2, 0) is 0 Å². The second-order valence-electron chi connectivity index (χ2n) is 4.63. The number of benzene rings is 2. The molecule has 3 aromatic rings. The SMILES string of the molecule is O=C(c1ccccc1)C(Oc1c(Cl)cccc1Cl)n1cncn1. The standard InChI is InChI=1S/C16H11Cl2N3O2/c17-12-7-4-8-13(18)15(12)23-16(21-10-19-9-20-21)14(22)11-5-2-1-3-6-11/h1-10,16H. The molecule has 0 saturated carbocycles. The summed E-state index contributed by atoms with van der Waals surface area (Å²) in [6.07, 6.45) is 1.66. The van der Waals surface area contributed by atoms with Gasteiger partial charge in [0.15, 0.2) is 5.75 Å². The minimum Gasteiger partial charge on any atom is -0.458 e. The Balaban J connectivity index is 1.99. The summed E-state index contributed by atoms with van der Waals surface area (Å²) >= 11 is 12.2. The van der Waals surface area contributed by atoms with Gasteiger partial charge in [0.25, 0.3) is 6.23 Å². The van der Waals surface area contributed by atoms with Gasteiger partial charge in [0.05, 0.1) is 10.0 Å². The van der Waals surface area contributed by atoms with Crippen LogP contribution in [0.4, 0.5) is 0 Å². The first-order chi connectivity index (χ1) is 11.2. The molecule has 0 aliphatic heterocycles. The molecule has 7 heteroatoms. The first-order valence-corrected chi connectivity index (χ1v) is 7.46. The number of aromatic nitrogens is 3. The Morgan fingerprint density at radius 1 is 1.04 bits per heavy atom. The van der Waals surface area contributed by atoms with Crippen LogP contribution in [0.25, 0.3) is 0 Å². The van der Waals surface area contributed by atoms with E-state index in [1.165, 1.54) is 17.3 Å². The maximum Gasteiger partial charge on any atom is 0.256 e. The average Bonchev–Trinajstić information content (AvgIpc) is 3.09. The van der Waals surface area contributed by atoms with Crippen LogP contribution in [0.15, 0.2) is 61.2 Å². The number of Topliss-reactive ketones (excluding diaryl/α,β-unsaturated/α-hetero) is 1. The maximum atomic E-state index is 12.8. The van der Waals surface area contributed by atoms with Gasteiger partial charge in [-0.3, -0.25) is 4.79 Å². The molecule has 1 aromatic heterocycles. The summed E-state index contributed by atoms with van der Waals surface area (Å²) in [6, 6.07) is 13.7. The molecule has 5 nitrogen and oxygen atoms in total. The van der Waals surface area contributed by atoms with Crippen LogP contribution in [-0.4, -0.2) is 20.5 Å². The van der Waals surface area contributed by atoms with Gasteiger partial charge in [0.2, 0.25) is 5.78 Å². The van der Waals surface area contributed by atoms with Gasteiger partial charge >= 0.3 is 0 Å². The topological polar surface area (TPSA) is 57.0 Å². The molecule has 3 rings (SSSR count). The van der Waals surface area contributed by atoms with Gasteiger partial charge in [-0.2, -0.15) is 5.10 Å². The normalized spacial score (nSPS) is 11.9. The number of ketones is 1. The first-order valence-electron chi connectivity index (χ1n) is 6.71. The number of halogens is 2. The zero-order valence-electron chi connectivity index (χ0n) is 11.8. The third-order valence-corrected chi connectivity index (χ3v) is 3.70. The number of ether oxygens (including phenoxy) is 1. The Morgan fingerprint density at radius 3 is 2.35 bits per heavy atom. The number of carbonyl (C=O) groups is 1. The zero-order chi connectivity index (χ0) is 16.2. The molecule has 0 fully saturated rings. The first kappa shape index (κ1) is 15.5. The Bertz CT molecular complexity index is 787. The molecule has 0 aliphatic rings. The van der Waals surface area contributed by atoms with Crippen LogP contribution in [0.2, 0.25) is 10.0 Å². The monoisotopic (exact) mass is 347 g/mol. The van der Waals surface area contributed by atoms with Gasteiger partial charge in [0.1, 0.15) is 12.7 Å². The molecule has 1 heterocycles.